The lowest BCUT2D eigenvalue weighted by Crippen LogP contribution is -2.53. The molecular formula is C29H33Cl2N3O4S. The second-order valence-corrected chi connectivity index (χ2v) is 12.1. The molecule has 3 aromatic rings. The molecule has 1 atom stereocenters. The van der Waals surface area contributed by atoms with Gasteiger partial charge in [0.2, 0.25) is 21.8 Å². The summed E-state index contributed by atoms with van der Waals surface area (Å²) in [6, 6.07) is 18.8. The van der Waals surface area contributed by atoms with Gasteiger partial charge in [-0.15, -0.1) is 0 Å². The third kappa shape index (κ3) is 7.75. The summed E-state index contributed by atoms with van der Waals surface area (Å²) >= 11 is 12.9. The molecule has 7 nitrogen and oxygen atoms in total. The summed E-state index contributed by atoms with van der Waals surface area (Å²) in [7, 11) is -3.86. The van der Waals surface area contributed by atoms with E-state index in [1.165, 1.54) is 4.90 Å². The number of carbonyl (C=O) groups is 2. The van der Waals surface area contributed by atoms with E-state index in [1.807, 2.05) is 36.4 Å². The largest absolute Gasteiger partial charge is 0.355 e. The Morgan fingerprint density at radius 3 is 2.00 bits per heavy atom. The van der Waals surface area contributed by atoms with Crippen molar-refractivity contribution in [1.29, 1.82) is 0 Å². The Morgan fingerprint density at radius 1 is 0.897 bits per heavy atom. The predicted molar refractivity (Wildman–Crippen MR) is 158 cm³/mol. The second kappa shape index (κ2) is 13.3. The fraction of sp³-hybridized carbons (Fsp3) is 0.310. The van der Waals surface area contributed by atoms with Crippen molar-refractivity contribution in [2.75, 3.05) is 23.7 Å². The van der Waals surface area contributed by atoms with Crippen LogP contribution in [0.15, 0.2) is 66.7 Å². The first-order valence-corrected chi connectivity index (χ1v) is 15.1. The highest BCUT2D eigenvalue weighted by atomic mass is 35.5. The Hall–Kier alpha value is -3.07. The monoisotopic (exact) mass is 589 g/mol. The van der Waals surface area contributed by atoms with E-state index in [1.54, 1.807) is 51.1 Å². The highest BCUT2D eigenvalue weighted by Crippen LogP contribution is 2.29. The lowest BCUT2D eigenvalue weighted by molar-refractivity contribution is -0.140. The first-order chi connectivity index (χ1) is 18.4. The average Bonchev–Trinajstić information content (AvgIpc) is 2.87. The SMILES string of the molecule is CCNC(=O)C(Cc1ccccc1)N(Cc1c(Cl)cccc1Cl)C(=O)CN(c1c(C)cccc1C)S(C)(=O)=O. The standard InChI is InChI=1S/C29H33Cl2N3O4S/c1-5-32-29(36)26(17-22-13-7-6-8-14-22)33(18-23-24(30)15-10-16-25(23)31)27(35)19-34(39(4,37)38)28-20(2)11-9-12-21(28)3/h6-16,26H,5,17-19H2,1-4H3,(H,32,36). The van der Waals surface area contributed by atoms with Crippen LogP contribution < -0.4 is 9.62 Å². The summed E-state index contributed by atoms with van der Waals surface area (Å²) in [5.74, 6) is -0.929. The normalized spacial score (nSPS) is 12.1. The number of hydrogen-bond acceptors (Lipinski definition) is 4. The predicted octanol–water partition coefficient (Wildman–Crippen LogP) is 5.15. The van der Waals surface area contributed by atoms with Crippen LogP contribution in [0.2, 0.25) is 10.0 Å². The van der Waals surface area contributed by atoms with Crippen LogP contribution >= 0.6 is 23.2 Å². The molecule has 0 radical (unpaired) electrons. The molecule has 0 fully saturated rings. The number of carbonyl (C=O) groups excluding carboxylic acids is 2. The zero-order valence-corrected chi connectivity index (χ0v) is 24.8. The van der Waals surface area contributed by atoms with Crippen LogP contribution in [0.25, 0.3) is 0 Å². The van der Waals surface area contributed by atoms with Crippen LogP contribution in [-0.4, -0.2) is 50.5 Å². The summed E-state index contributed by atoms with van der Waals surface area (Å²) < 4.78 is 27.1. The number of nitrogens with one attached hydrogen (secondary N) is 1. The summed E-state index contributed by atoms with van der Waals surface area (Å²) in [5, 5.41) is 3.49. The van der Waals surface area contributed by atoms with Gasteiger partial charge in [0.05, 0.1) is 11.9 Å². The van der Waals surface area contributed by atoms with E-state index in [-0.39, 0.29) is 18.9 Å². The zero-order chi connectivity index (χ0) is 28.7. The number of likely N-dealkylation sites (N-methyl/N-ethyl adjacent to an activating group) is 1. The molecule has 0 aromatic heterocycles. The van der Waals surface area contributed by atoms with Crippen LogP contribution in [-0.2, 0) is 32.6 Å². The average molecular weight is 591 g/mol. The fourth-order valence-corrected chi connectivity index (χ4v) is 5.96. The maximum Gasteiger partial charge on any atom is 0.244 e. The van der Waals surface area contributed by atoms with Crippen molar-refractivity contribution < 1.29 is 18.0 Å². The number of sulfonamides is 1. The maximum absolute atomic E-state index is 14.1. The van der Waals surface area contributed by atoms with Crippen LogP contribution in [0.1, 0.15) is 29.2 Å². The van der Waals surface area contributed by atoms with E-state index in [2.05, 4.69) is 5.32 Å². The first kappa shape index (κ1) is 30.5. The van der Waals surface area contributed by atoms with Gasteiger partial charge in [-0.25, -0.2) is 8.42 Å². The minimum atomic E-state index is -3.86. The lowest BCUT2D eigenvalue weighted by atomic mass is 10.0. The van der Waals surface area contributed by atoms with Gasteiger partial charge in [0.15, 0.2) is 0 Å². The van der Waals surface area contributed by atoms with Crippen LogP contribution in [0.5, 0.6) is 0 Å². The Kier molecular flexibility index (Phi) is 10.4. The molecule has 0 aliphatic rings. The number of anilines is 1. The van der Waals surface area contributed by atoms with Gasteiger partial charge >= 0.3 is 0 Å². The molecule has 0 aliphatic carbocycles. The smallest absolute Gasteiger partial charge is 0.244 e. The van der Waals surface area contributed by atoms with Crippen LogP contribution in [0, 0.1) is 13.8 Å². The van der Waals surface area contributed by atoms with Gasteiger partial charge in [-0.1, -0.05) is 77.8 Å². The van der Waals surface area contributed by atoms with Gasteiger partial charge in [0, 0.05) is 35.1 Å². The van der Waals surface area contributed by atoms with Crippen molar-refractivity contribution in [2.24, 2.45) is 0 Å². The Morgan fingerprint density at radius 2 is 1.46 bits per heavy atom. The summed E-state index contributed by atoms with van der Waals surface area (Å²) in [6.07, 6.45) is 1.27. The Balaban J connectivity index is 2.12. The number of benzene rings is 3. The van der Waals surface area contributed by atoms with E-state index in [4.69, 9.17) is 23.2 Å². The molecule has 0 bridgehead atoms. The van der Waals surface area contributed by atoms with Crippen molar-refractivity contribution >= 4 is 50.7 Å². The number of hydrogen-bond donors (Lipinski definition) is 1. The molecule has 3 aromatic carbocycles. The molecule has 0 heterocycles. The molecule has 1 unspecified atom stereocenters. The van der Waals surface area contributed by atoms with Crippen molar-refractivity contribution in [2.45, 2.75) is 39.8 Å². The molecular weight excluding hydrogens is 557 g/mol. The van der Waals surface area contributed by atoms with E-state index >= 15 is 0 Å². The molecule has 0 saturated carbocycles. The van der Waals surface area contributed by atoms with Gasteiger partial charge in [0.25, 0.3) is 0 Å². The molecule has 10 heteroatoms. The number of rotatable bonds is 11. The third-order valence-corrected chi connectivity index (χ3v) is 8.20. The Labute approximate surface area is 240 Å². The second-order valence-electron chi connectivity index (χ2n) is 9.33. The lowest BCUT2D eigenvalue weighted by Gasteiger charge is -2.34. The number of aryl methyl sites for hydroxylation is 2. The molecule has 1 N–H and O–H groups in total. The van der Waals surface area contributed by atoms with E-state index < -0.39 is 28.5 Å². The minimum Gasteiger partial charge on any atom is -0.355 e. The van der Waals surface area contributed by atoms with Crippen LogP contribution in [0.3, 0.4) is 0 Å². The number of para-hydroxylation sites is 1. The maximum atomic E-state index is 14.1. The van der Waals surface area contributed by atoms with Gasteiger partial charge in [-0.3, -0.25) is 13.9 Å². The van der Waals surface area contributed by atoms with E-state index in [0.717, 1.165) is 16.1 Å². The third-order valence-electron chi connectivity index (χ3n) is 6.38. The van der Waals surface area contributed by atoms with Gasteiger partial charge in [-0.2, -0.15) is 0 Å². The molecule has 2 amide bonds. The molecule has 3 rings (SSSR count). The van der Waals surface area contributed by atoms with Crippen molar-refractivity contribution in [3.8, 4) is 0 Å². The topological polar surface area (TPSA) is 86.8 Å². The molecule has 208 valence electrons. The molecule has 0 spiro atoms. The van der Waals surface area contributed by atoms with Crippen LogP contribution in [0.4, 0.5) is 5.69 Å². The van der Waals surface area contributed by atoms with Gasteiger partial charge in [0.1, 0.15) is 12.6 Å². The summed E-state index contributed by atoms with van der Waals surface area (Å²) in [6.45, 7) is 5.14. The number of amides is 2. The van der Waals surface area contributed by atoms with Gasteiger partial charge in [-0.05, 0) is 49.6 Å². The summed E-state index contributed by atoms with van der Waals surface area (Å²) in [4.78, 5) is 28.9. The molecule has 39 heavy (non-hydrogen) atoms. The molecule has 0 aliphatic heterocycles. The quantitative estimate of drug-likeness (QED) is 0.335. The van der Waals surface area contributed by atoms with Crippen molar-refractivity contribution in [1.82, 2.24) is 10.2 Å². The Bertz CT molecular complexity index is 1390. The zero-order valence-electron chi connectivity index (χ0n) is 22.4. The highest BCUT2D eigenvalue weighted by Gasteiger charge is 2.34. The van der Waals surface area contributed by atoms with E-state index in [9.17, 15) is 18.0 Å². The highest BCUT2D eigenvalue weighted by molar-refractivity contribution is 7.92. The van der Waals surface area contributed by atoms with Crippen molar-refractivity contribution in [3.05, 3.63) is 99.0 Å². The van der Waals surface area contributed by atoms with Crippen molar-refractivity contribution in [3.63, 3.8) is 0 Å². The fourth-order valence-electron chi connectivity index (χ4n) is 4.47. The number of halogens is 2. The first-order valence-electron chi connectivity index (χ1n) is 12.5. The summed E-state index contributed by atoms with van der Waals surface area (Å²) in [5.41, 5.74) is 3.15. The molecule has 0 saturated heterocycles. The van der Waals surface area contributed by atoms with E-state index in [0.29, 0.717) is 39.0 Å². The number of nitrogens with zero attached hydrogens (tertiary/aromatic N) is 2. The van der Waals surface area contributed by atoms with Gasteiger partial charge < -0.3 is 10.2 Å². The minimum absolute atomic E-state index is 0.0870.